The third-order valence-corrected chi connectivity index (χ3v) is 2.48. The van der Waals surface area contributed by atoms with E-state index in [9.17, 15) is 5.11 Å². The molecule has 0 saturated carbocycles. The molecule has 6 heteroatoms. The molecule has 2 rings (SSSR count). The Hall–Kier alpha value is -2.37. The Labute approximate surface area is 105 Å². The number of anilines is 2. The van der Waals surface area contributed by atoms with Gasteiger partial charge in [0.25, 0.3) is 0 Å². The summed E-state index contributed by atoms with van der Waals surface area (Å²) in [6.07, 6.45) is 0. The molecule has 1 aromatic carbocycles. The number of nitrogens with zero attached hydrogens (tertiary/aromatic N) is 3. The van der Waals surface area contributed by atoms with Gasteiger partial charge in [0.05, 0.1) is 5.56 Å². The third-order valence-electron chi connectivity index (χ3n) is 2.48. The largest absolute Gasteiger partial charge is 0.507 e. The van der Waals surface area contributed by atoms with E-state index in [1.807, 2.05) is 19.1 Å². The van der Waals surface area contributed by atoms with E-state index in [1.54, 1.807) is 20.2 Å². The first-order valence-corrected chi connectivity index (χ1v) is 5.55. The predicted molar refractivity (Wildman–Crippen MR) is 70.8 cm³/mol. The molecule has 18 heavy (non-hydrogen) atoms. The zero-order chi connectivity index (χ0) is 13.1. The summed E-state index contributed by atoms with van der Waals surface area (Å²) in [7, 11) is 3.46. The molecule has 1 aromatic heterocycles. The summed E-state index contributed by atoms with van der Waals surface area (Å²) in [5.41, 5.74) is 1.62. The first-order valence-electron chi connectivity index (χ1n) is 5.55. The third kappa shape index (κ3) is 2.32. The van der Waals surface area contributed by atoms with Crippen LogP contribution in [0.2, 0.25) is 0 Å². The maximum Gasteiger partial charge on any atom is 0.227 e. The van der Waals surface area contributed by atoms with Crippen LogP contribution in [0.15, 0.2) is 18.2 Å². The lowest BCUT2D eigenvalue weighted by Crippen LogP contribution is -2.05. The zero-order valence-corrected chi connectivity index (χ0v) is 10.5. The lowest BCUT2D eigenvalue weighted by molar-refractivity contribution is 0.476. The zero-order valence-electron chi connectivity index (χ0n) is 10.5. The molecule has 0 radical (unpaired) electrons. The predicted octanol–water partition coefficient (Wildman–Crippen LogP) is 1.64. The highest BCUT2D eigenvalue weighted by Gasteiger charge is 2.11. The van der Waals surface area contributed by atoms with Gasteiger partial charge in [-0.1, -0.05) is 11.6 Å². The van der Waals surface area contributed by atoms with Crippen LogP contribution in [-0.4, -0.2) is 34.2 Å². The number of aryl methyl sites for hydroxylation is 1. The van der Waals surface area contributed by atoms with Crippen molar-refractivity contribution in [3.8, 4) is 17.1 Å². The van der Waals surface area contributed by atoms with Crippen molar-refractivity contribution in [2.24, 2.45) is 0 Å². The Balaban J connectivity index is 2.58. The maximum absolute atomic E-state index is 9.87. The van der Waals surface area contributed by atoms with Gasteiger partial charge in [0.15, 0.2) is 5.82 Å². The van der Waals surface area contributed by atoms with Crippen molar-refractivity contribution in [1.29, 1.82) is 0 Å². The topological polar surface area (TPSA) is 83.0 Å². The van der Waals surface area contributed by atoms with Crippen LogP contribution < -0.4 is 10.6 Å². The van der Waals surface area contributed by atoms with Crippen molar-refractivity contribution < 1.29 is 5.11 Å². The normalized spacial score (nSPS) is 10.2. The van der Waals surface area contributed by atoms with E-state index in [0.29, 0.717) is 23.3 Å². The Morgan fingerprint density at radius 3 is 2.17 bits per heavy atom. The molecule has 0 saturated heterocycles. The highest BCUT2D eigenvalue weighted by Crippen LogP contribution is 2.28. The first-order chi connectivity index (χ1) is 8.63. The molecule has 0 spiro atoms. The number of phenols is 1. The van der Waals surface area contributed by atoms with Crippen LogP contribution in [-0.2, 0) is 0 Å². The molecular formula is C12H15N5O. The summed E-state index contributed by atoms with van der Waals surface area (Å²) in [5, 5.41) is 15.6. The number of aromatic nitrogens is 3. The number of phenolic OH excluding ortho intramolecular Hbond substituents is 1. The first kappa shape index (κ1) is 12.1. The van der Waals surface area contributed by atoms with Crippen molar-refractivity contribution in [1.82, 2.24) is 15.0 Å². The Kier molecular flexibility index (Phi) is 3.27. The molecule has 6 nitrogen and oxygen atoms in total. The van der Waals surface area contributed by atoms with Crippen LogP contribution in [0, 0.1) is 6.92 Å². The van der Waals surface area contributed by atoms with Crippen LogP contribution in [0.1, 0.15) is 5.56 Å². The fraction of sp³-hybridized carbons (Fsp3) is 0.250. The molecule has 0 bridgehead atoms. The van der Waals surface area contributed by atoms with Gasteiger partial charge in [-0.05, 0) is 19.1 Å². The van der Waals surface area contributed by atoms with Crippen LogP contribution in [0.5, 0.6) is 5.75 Å². The second kappa shape index (κ2) is 4.87. The smallest absolute Gasteiger partial charge is 0.227 e. The van der Waals surface area contributed by atoms with E-state index in [4.69, 9.17) is 0 Å². The van der Waals surface area contributed by atoms with Crippen molar-refractivity contribution >= 4 is 11.9 Å². The summed E-state index contributed by atoms with van der Waals surface area (Å²) < 4.78 is 0. The monoisotopic (exact) mass is 245 g/mol. The summed E-state index contributed by atoms with van der Waals surface area (Å²) in [4.78, 5) is 12.6. The molecule has 0 amide bonds. The maximum atomic E-state index is 9.87. The van der Waals surface area contributed by atoms with E-state index >= 15 is 0 Å². The molecule has 0 atom stereocenters. The Morgan fingerprint density at radius 1 is 1.00 bits per heavy atom. The number of benzene rings is 1. The number of aromatic hydroxyl groups is 1. The van der Waals surface area contributed by atoms with E-state index in [-0.39, 0.29) is 5.75 Å². The molecule has 0 fully saturated rings. The lowest BCUT2D eigenvalue weighted by Gasteiger charge is -2.08. The SMILES string of the molecule is CNc1nc(NC)nc(-c2cc(C)ccc2O)n1. The minimum Gasteiger partial charge on any atom is -0.507 e. The van der Waals surface area contributed by atoms with Crippen molar-refractivity contribution in [3.05, 3.63) is 23.8 Å². The van der Waals surface area contributed by atoms with E-state index in [0.717, 1.165) is 5.56 Å². The second-order valence-electron chi connectivity index (χ2n) is 3.83. The number of nitrogens with one attached hydrogen (secondary N) is 2. The van der Waals surface area contributed by atoms with E-state index < -0.39 is 0 Å². The minimum atomic E-state index is 0.149. The molecular weight excluding hydrogens is 230 g/mol. The molecule has 94 valence electrons. The molecule has 1 heterocycles. The van der Waals surface area contributed by atoms with Gasteiger partial charge in [-0.2, -0.15) is 15.0 Å². The van der Waals surface area contributed by atoms with Gasteiger partial charge >= 0.3 is 0 Å². The van der Waals surface area contributed by atoms with Gasteiger partial charge in [0, 0.05) is 14.1 Å². The van der Waals surface area contributed by atoms with Gasteiger partial charge in [-0.15, -0.1) is 0 Å². The summed E-state index contributed by atoms with van der Waals surface area (Å²) in [6.45, 7) is 1.95. The molecule has 0 aliphatic rings. The molecule has 0 aliphatic carbocycles. The van der Waals surface area contributed by atoms with Crippen LogP contribution >= 0.6 is 0 Å². The van der Waals surface area contributed by atoms with Crippen LogP contribution in [0.4, 0.5) is 11.9 Å². The average molecular weight is 245 g/mol. The quantitative estimate of drug-likeness (QED) is 0.762. The standard InChI is InChI=1S/C12H15N5O/c1-7-4-5-9(18)8(6-7)10-15-11(13-2)17-12(14-3)16-10/h4-6,18H,1-3H3,(H2,13,14,15,16,17). The Bertz CT molecular complexity index is 548. The van der Waals surface area contributed by atoms with Gasteiger partial charge in [-0.25, -0.2) is 0 Å². The number of rotatable bonds is 3. The highest BCUT2D eigenvalue weighted by molar-refractivity contribution is 5.66. The lowest BCUT2D eigenvalue weighted by atomic mass is 10.1. The highest BCUT2D eigenvalue weighted by atomic mass is 16.3. The van der Waals surface area contributed by atoms with Crippen LogP contribution in [0.25, 0.3) is 11.4 Å². The van der Waals surface area contributed by atoms with Gasteiger partial charge in [0.2, 0.25) is 11.9 Å². The van der Waals surface area contributed by atoms with Crippen molar-refractivity contribution in [2.45, 2.75) is 6.92 Å². The molecule has 2 aromatic rings. The summed E-state index contributed by atoms with van der Waals surface area (Å²) in [6, 6.07) is 5.30. The molecule has 0 aliphatic heterocycles. The van der Waals surface area contributed by atoms with Crippen LogP contribution in [0.3, 0.4) is 0 Å². The fourth-order valence-electron chi connectivity index (χ4n) is 1.55. The molecule has 3 N–H and O–H groups in total. The van der Waals surface area contributed by atoms with Crippen molar-refractivity contribution in [3.63, 3.8) is 0 Å². The summed E-state index contributed by atoms with van der Waals surface area (Å²) in [5.74, 6) is 1.48. The number of hydrogen-bond acceptors (Lipinski definition) is 6. The fourth-order valence-corrected chi connectivity index (χ4v) is 1.55. The van der Waals surface area contributed by atoms with E-state index in [1.165, 1.54) is 0 Å². The van der Waals surface area contributed by atoms with Gasteiger partial charge in [-0.3, -0.25) is 0 Å². The van der Waals surface area contributed by atoms with Gasteiger partial charge in [0.1, 0.15) is 5.75 Å². The average Bonchev–Trinajstić information content (AvgIpc) is 2.40. The van der Waals surface area contributed by atoms with E-state index in [2.05, 4.69) is 25.6 Å². The molecule has 0 unspecified atom stereocenters. The second-order valence-corrected chi connectivity index (χ2v) is 3.83. The van der Waals surface area contributed by atoms with Crippen molar-refractivity contribution in [2.75, 3.05) is 24.7 Å². The number of hydrogen-bond donors (Lipinski definition) is 3. The minimum absolute atomic E-state index is 0.149. The van der Waals surface area contributed by atoms with Gasteiger partial charge < -0.3 is 15.7 Å². The Morgan fingerprint density at radius 2 is 1.61 bits per heavy atom. The summed E-state index contributed by atoms with van der Waals surface area (Å²) >= 11 is 0.